The van der Waals surface area contributed by atoms with Crippen LogP contribution < -0.4 is 5.73 Å². The van der Waals surface area contributed by atoms with Crippen LogP contribution in [0.4, 0.5) is 0 Å². The van der Waals surface area contributed by atoms with Crippen molar-refractivity contribution < 1.29 is 0 Å². The summed E-state index contributed by atoms with van der Waals surface area (Å²) in [6.07, 6.45) is 12.9. The van der Waals surface area contributed by atoms with Crippen LogP contribution in [0.1, 0.15) is 89.1 Å². The first-order valence-electron chi connectivity index (χ1n) is 8.47. The summed E-state index contributed by atoms with van der Waals surface area (Å²) < 4.78 is 1.95. The third-order valence-corrected chi connectivity index (χ3v) is 4.08. The van der Waals surface area contributed by atoms with E-state index in [1.807, 2.05) is 11.7 Å². The van der Waals surface area contributed by atoms with Gasteiger partial charge in [0.2, 0.25) is 0 Å². The summed E-state index contributed by atoms with van der Waals surface area (Å²) in [5.41, 5.74) is 8.62. The number of aromatic nitrogens is 2. The summed E-state index contributed by atoms with van der Waals surface area (Å²) in [4.78, 5) is 0. The summed E-state index contributed by atoms with van der Waals surface area (Å²) in [5, 5.41) is 4.47. The Hall–Kier alpha value is -0.830. The van der Waals surface area contributed by atoms with Crippen LogP contribution in [0.2, 0.25) is 0 Å². The summed E-state index contributed by atoms with van der Waals surface area (Å²) in [6, 6.07) is 2.31. The van der Waals surface area contributed by atoms with Gasteiger partial charge in [-0.25, -0.2) is 0 Å². The minimum Gasteiger partial charge on any atom is -0.323 e. The second-order valence-corrected chi connectivity index (χ2v) is 5.91. The molecule has 0 fully saturated rings. The standard InChI is InChI=1S/C17H33N3/c1-4-6-7-8-9-10-11-12-13-16(18)17-14-15(5-2)19-20(17)3/h14,16H,4-13,18H2,1-3H3. The fraction of sp³-hybridized carbons (Fsp3) is 0.824. The lowest BCUT2D eigenvalue weighted by molar-refractivity contribution is 0.517. The van der Waals surface area contributed by atoms with Crippen LogP contribution in [-0.4, -0.2) is 9.78 Å². The largest absolute Gasteiger partial charge is 0.323 e. The molecule has 0 saturated heterocycles. The Morgan fingerprint density at radius 2 is 1.65 bits per heavy atom. The Morgan fingerprint density at radius 1 is 1.05 bits per heavy atom. The van der Waals surface area contributed by atoms with Gasteiger partial charge in [0, 0.05) is 13.1 Å². The zero-order chi connectivity index (χ0) is 14.8. The molecule has 0 aromatic carbocycles. The van der Waals surface area contributed by atoms with Crippen molar-refractivity contribution >= 4 is 0 Å². The SMILES string of the molecule is CCCCCCCCCCC(N)c1cc(CC)nn1C. The molecule has 3 nitrogen and oxygen atoms in total. The molecular formula is C17H33N3. The average Bonchev–Trinajstić information content (AvgIpc) is 2.83. The number of hydrogen-bond donors (Lipinski definition) is 1. The number of aryl methyl sites for hydroxylation is 2. The van der Waals surface area contributed by atoms with Gasteiger partial charge in [-0.2, -0.15) is 5.10 Å². The molecule has 0 saturated carbocycles. The van der Waals surface area contributed by atoms with Crippen LogP contribution in [0.3, 0.4) is 0 Å². The lowest BCUT2D eigenvalue weighted by atomic mass is 10.0. The third kappa shape index (κ3) is 6.08. The molecule has 0 radical (unpaired) electrons. The van der Waals surface area contributed by atoms with Gasteiger partial charge in [0.15, 0.2) is 0 Å². The summed E-state index contributed by atoms with van der Waals surface area (Å²) in [7, 11) is 2.00. The molecular weight excluding hydrogens is 246 g/mol. The highest BCUT2D eigenvalue weighted by Gasteiger charge is 2.11. The van der Waals surface area contributed by atoms with E-state index in [-0.39, 0.29) is 6.04 Å². The second kappa shape index (κ2) is 9.98. The normalized spacial score (nSPS) is 12.8. The predicted octanol–water partition coefficient (Wildman–Crippen LogP) is 4.51. The van der Waals surface area contributed by atoms with Gasteiger partial charge in [0.05, 0.1) is 11.4 Å². The van der Waals surface area contributed by atoms with Crippen LogP contribution in [0.15, 0.2) is 6.07 Å². The molecule has 0 spiro atoms. The molecule has 1 atom stereocenters. The van der Waals surface area contributed by atoms with Gasteiger partial charge < -0.3 is 5.73 Å². The molecule has 2 N–H and O–H groups in total. The topological polar surface area (TPSA) is 43.8 Å². The molecule has 0 bridgehead atoms. The Balaban J connectivity index is 2.13. The maximum absolute atomic E-state index is 6.28. The Kier molecular flexibility index (Phi) is 8.59. The first-order chi connectivity index (χ1) is 9.69. The number of unbranched alkanes of at least 4 members (excludes halogenated alkanes) is 7. The molecule has 1 aromatic heterocycles. The summed E-state index contributed by atoms with van der Waals surface area (Å²) in [6.45, 7) is 4.40. The third-order valence-electron chi connectivity index (χ3n) is 4.08. The van der Waals surface area contributed by atoms with E-state index in [2.05, 4.69) is 25.0 Å². The predicted molar refractivity (Wildman–Crippen MR) is 86.7 cm³/mol. The summed E-state index contributed by atoms with van der Waals surface area (Å²) >= 11 is 0. The van der Waals surface area contributed by atoms with E-state index in [4.69, 9.17) is 5.73 Å². The maximum atomic E-state index is 6.28. The monoisotopic (exact) mass is 279 g/mol. The van der Waals surface area contributed by atoms with E-state index in [0.717, 1.165) is 18.5 Å². The Bertz CT molecular complexity index is 357. The fourth-order valence-corrected chi connectivity index (χ4v) is 2.71. The van der Waals surface area contributed by atoms with Crippen molar-refractivity contribution in [3.8, 4) is 0 Å². The molecule has 20 heavy (non-hydrogen) atoms. The highest BCUT2D eigenvalue weighted by molar-refractivity contribution is 5.13. The minimum atomic E-state index is 0.146. The van der Waals surface area contributed by atoms with Crippen molar-refractivity contribution in [2.75, 3.05) is 0 Å². The zero-order valence-electron chi connectivity index (χ0n) is 13.7. The molecule has 0 aliphatic carbocycles. The van der Waals surface area contributed by atoms with Crippen molar-refractivity contribution in [3.05, 3.63) is 17.5 Å². The minimum absolute atomic E-state index is 0.146. The molecule has 1 unspecified atom stereocenters. The van der Waals surface area contributed by atoms with Gasteiger partial charge in [-0.05, 0) is 18.9 Å². The molecule has 3 heteroatoms. The lowest BCUT2D eigenvalue weighted by Gasteiger charge is -2.11. The van der Waals surface area contributed by atoms with Gasteiger partial charge in [0.1, 0.15) is 0 Å². The first-order valence-corrected chi connectivity index (χ1v) is 8.47. The summed E-state index contributed by atoms with van der Waals surface area (Å²) in [5.74, 6) is 0. The first kappa shape index (κ1) is 17.2. The molecule has 0 amide bonds. The van der Waals surface area contributed by atoms with Crippen molar-refractivity contribution in [2.45, 2.75) is 84.1 Å². The molecule has 1 rings (SSSR count). The number of nitrogens with zero attached hydrogens (tertiary/aromatic N) is 2. The van der Waals surface area contributed by atoms with Gasteiger partial charge in [-0.1, -0.05) is 65.2 Å². The van der Waals surface area contributed by atoms with Crippen LogP contribution in [0.5, 0.6) is 0 Å². The van der Waals surface area contributed by atoms with E-state index >= 15 is 0 Å². The smallest absolute Gasteiger partial charge is 0.0625 e. The van der Waals surface area contributed by atoms with Crippen molar-refractivity contribution in [1.82, 2.24) is 9.78 Å². The maximum Gasteiger partial charge on any atom is 0.0625 e. The van der Waals surface area contributed by atoms with Gasteiger partial charge in [0.25, 0.3) is 0 Å². The molecule has 1 aromatic rings. The molecule has 1 heterocycles. The lowest BCUT2D eigenvalue weighted by Crippen LogP contribution is -2.14. The van der Waals surface area contributed by atoms with E-state index in [1.165, 1.54) is 57.1 Å². The highest BCUT2D eigenvalue weighted by Crippen LogP contribution is 2.19. The van der Waals surface area contributed by atoms with Crippen molar-refractivity contribution in [3.63, 3.8) is 0 Å². The van der Waals surface area contributed by atoms with E-state index in [0.29, 0.717) is 0 Å². The van der Waals surface area contributed by atoms with E-state index in [1.54, 1.807) is 0 Å². The van der Waals surface area contributed by atoms with E-state index < -0.39 is 0 Å². The van der Waals surface area contributed by atoms with Gasteiger partial charge in [-0.3, -0.25) is 4.68 Å². The quantitative estimate of drug-likeness (QED) is 0.605. The highest BCUT2D eigenvalue weighted by atomic mass is 15.3. The number of rotatable bonds is 11. The number of hydrogen-bond acceptors (Lipinski definition) is 2. The van der Waals surface area contributed by atoms with Crippen molar-refractivity contribution in [1.29, 1.82) is 0 Å². The Morgan fingerprint density at radius 3 is 2.20 bits per heavy atom. The van der Waals surface area contributed by atoms with Crippen molar-refractivity contribution in [2.24, 2.45) is 12.8 Å². The average molecular weight is 279 g/mol. The second-order valence-electron chi connectivity index (χ2n) is 5.91. The van der Waals surface area contributed by atoms with Crippen LogP contribution in [0, 0.1) is 0 Å². The van der Waals surface area contributed by atoms with Gasteiger partial charge in [-0.15, -0.1) is 0 Å². The van der Waals surface area contributed by atoms with E-state index in [9.17, 15) is 0 Å². The fourth-order valence-electron chi connectivity index (χ4n) is 2.71. The zero-order valence-corrected chi connectivity index (χ0v) is 13.7. The van der Waals surface area contributed by atoms with Crippen LogP contribution in [-0.2, 0) is 13.5 Å². The van der Waals surface area contributed by atoms with Crippen LogP contribution >= 0.6 is 0 Å². The molecule has 0 aliphatic rings. The Labute approximate surface area is 124 Å². The van der Waals surface area contributed by atoms with Gasteiger partial charge >= 0.3 is 0 Å². The molecule has 116 valence electrons. The molecule has 0 aliphatic heterocycles. The number of nitrogens with two attached hydrogens (primary N) is 1. The van der Waals surface area contributed by atoms with Crippen LogP contribution in [0.25, 0.3) is 0 Å².